The van der Waals surface area contributed by atoms with Crippen molar-refractivity contribution in [1.82, 2.24) is 4.90 Å². The summed E-state index contributed by atoms with van der Waals surface area (Å²) in [7, 11) is -4.02. The summed E-state index contributed by atoms with van der Waals surface area (Å²) in [6.45, 7) is 7.79. The Balaban J connectivity index is 0.000000204. The Bertz CT molecular complexity index is 521. The van der Waals surface area contributed by atoms with Gasteiger partial charge in [-0.3, -0.25) is 9.45 Å². The molecule has 0 saturated carbocycles. The van der Waals surface area contributed by atoms with E-state index >= 15 is 0 Å². The molecule has 1 heterocycles. The summed E-state index contributed by atoms with van der Waals surface area (Å²) in [6, 6.07) is 5.99. The van der Waals surface area contributed by atoms with Gasteiger partial charge in [0.25, 0.3) is 10.1 Å². The topological polar surface area (TPSA) is 57.6 Å². The van der Waals surface area contributed by atoms with E-state index in [4.69, 9.17) is 4.55 Å². The zero-order valence-electron chi connectivity index (χ0n) is 12.1. The molecule has 0 aromatic heterocycles. The molecule has 0 radical (unpaired) electrons. The van der Waals surface area contributed by atoms with Gasteiger partial charge in [0.2, 0.25) is 0 Å². The smallest absolute Gasteiger partial charge is 0.294 e. The van der Waals surface area contributed by atoms with E-state index in [1.165, 1.54) is 44.6 Å². The molecule has 4 nitrogen and oxygen atoms in total. The third-order valence-electron chi connectivity index (χ3n) is 3.00. The zero-order valence-corrected chi connectivity index (χ0v) is 12.9. The maximum Gasteiger partial charge on any atom is 0.294 e. The van der Waals surface area contributed by atoms with Crippen molar-refractivity contribution in [2.75, 3.05) is 19.6 Å². The van der Waals surface area contributed by atoms with Crippen molar-refractivity contribution in [3.8, 4) is 0 Å². The second-order valence-corrected chi connectivity index (χ2v) is 6.27. The maximum absolute atomic E-state index is 10.5. The molecule has 112 valence electrons. The Morgan fingerprint density at radius 2 is 1.85 bits per heavy atom. The SMILES string of the molecule is CCCN1CC=CCC1.Cc1ccc(S(=O)(=O)O)cc1. The number of nitrogens with zero attached hydrogens (tertiary/aromatic N) is 1. The first-order valence-corrected chi connectivity index (χ1v) is 8.29. The molecule has 1 N–H and O–H groups in total. The van der Waals surface area contributed by atoms with Crippen LogP contribution in [0.25, 0.3) is 0 Å². The maximum atomic E-state index is 10.5. The van der Waals surface area contributed by atoms with Crippen LogP contribution in [0.1, 0.15) is 25.3 Å². The Labute approximate surface area is 121 Å². The molecule has 0 spiro atoms. The molecule has 5 heteroatoms. The second-order valence-electron chi connectivity index (χ2n) is 4.85. The minimum atomic E-state index is -4.02. The first kappa shape index (κ1) is 16.9. The van der Waals surface area contributed by atoms with Crippen LogP contribution >= 0.6 is 0 Å². The molecular formula is C15H23NO3S. The molecule has 2 rings (SSSR count). The van der Waals surface area contributed by atoms with E-state index in [0.717, 1.165) is 5.56 Å². The van der Waals surface area contributed by atoms with Gasteiger partial charge in [-0.25, -0.2) is 0 Å². The summed E-state index contributed by atoms with van der Waals surface area (Å²) in [5, 5.41) is 0. The molecule has 1 aromatic rings. The van der Waals surface area contributed by atoms with Gasteiger partial charge in [-0.05, 0) is 38.4 Å². The lowest BCUT2D eigenvalue weighted by molar-refractivity contribution is 0.299. The lowest BCUT2D eigenvalue weighted by Gasteiger charge is -2.21. The van der Waals surface area contributed by atoms with E-state index in [-0.39, 0.29) is 4.90 Å². The van der Waals surface area contributed by atoms with Crippen molar-refractivity contribution in [2.45, 2.75) is 31.6 Å². The highest BCUT2D eigenvalue weighted by Crippen LogP contribution is 2.08. The van der Waals surface area contributed by atoms with E-state index in [1.54, 1.807) is 12.1 Å². The molecular weight excluding hydrogens is 274 g/mol. The zero-order chi connectivity index (χ0) is 15.0. The molecule has 20 heavy (non-hydrogen) atoms. The van der Waals surface area contributed by atoms with Crippen molar-refractivity contribution < 1.29 is 13.0 Å². The van der Waals surface area contributed by atoms with Crippen LogP contribution in [-0.4, -0.2) is 37.5 Å². The summed E-state index contributed by atoms with van der Waals surface area (Å²) >= 11 is 0. The lowest BCUT2D eigenvalue weighted by Crippen LogP contribution is -2.27. The highest BCUT2D eigenvalue weighted by Gasteiger charge is 2.06. The van der Waals surface area contributed by atoms with E-state index in [0.29, 0.717) is 0 Å². The number of hydrogen-bond acceptors (Lipinski definition) is 3. The second kappa shape index (κ2) is 8.19. The lowest BCUT2D eigenvalue weighted by atomic mass is 10.2. The summed E-state index contributed by atoms with van der Waals surface area (Å²) < 4.78 is 29.6. The molecule has 1 aliphatic heterocycles. The minimum absolute atomic E-state index is 0.0666. The van der Waals surface area contributed by atoms with Gasteiger partial charge in [0, 0.05) is 13.1 Å². The van der Waals surface area contributed by atoms with Crippen LogP contribution in [0.3, 0.4) is 0 Å². The Morgan fingerprint density at radius 1 is 1.20 bits per heavy atom. The number of rotatable bonds is 3. The third kappa shape index (κ3) is 6.32. The molecule has 0 unspecified atom stereocenters. The van der Waals surface area contributed by atoms with Crippen molar-refractivity contribution in [1.29, 1.82) is 0 Å². The van der Waals surface area contributed by atoms with Crippen molar-refractivity contribution in [3.05, 3.63) is 42.0 Å². The highest BCUT2D eigenvalue weighted by molar-refractivity contribution is 7.85. The number of hydrogen-bond donors (Lipinski definition) is 1. The molecule has 0 bridgehead atoms. The summed E-state index contributed by atoms with van der Waals surface area (Å²) in [6.07, 6.45) is 7.07. The normalized spacial score (nSPS) is 15.6. The quantitative estimate of drug-likeness (QED) is 0.688. The van der Waals surface area contributed by atoms with Gasteiger partial charge in [-0.1, -0.05) is 36.8 Å². The van der Waals surface area contributed by atoms with Crippen LogP contribution in [0, 0.1) is 6.92 Å². The average Bonchev–Trinajstić information content (AvgIpc) is 2.40. The van der Waals surface area contributed by atoms with Crippen LogP contribution < -0.4 is 0 Å². The summed E-state index contributed by atoms with van der Waals surface area (Å²) in [5.41, 5.74) is 0.956. The molecule has 1 aliphatic rings. The van der Waals surface area contributed by atoms with Crippen molar-refractivity contribution >= 4 is 10.1 Å². The predicted octanol–water partition coefficient (Wildman–Crippen LogP) is 2.90. The number of aryl methyl sites for hydroxylation is 1. The van der Waals surface area contributed by atoms with Gasteiger partial charge in [-0.2, -0.15) is 8.42 Å². The fraction of sp³-hybridized carbons (Fsp3) is 0.467. The van der Waals surface area contributed by atoms with Crippen molar-refractivity contribution in [3.63, 3.8) is 0 Å². The van der Waals surface area contributed by atoms with E-state index in [1.807, 2.05) is 6.92 Å². The van der Waals surface area contributed by atoms with Gasteiger partial charge >= 0.3 is 0 Å². The van der Waals surface area contributed by atoms with Gasteiger partial charge in [0.1, 0.15) is 0 Å². The van der Waals surface area contributed by atoms with Gasteiger partial charge in [-0.15, -0.1) is 0 Å². The summed E-state index contributed by atoms with van der Waals surface area (Å²) in [5.74, 6) is 0. The fourth-order valence-corrected chi connectivity index (χ4v) is 2.40. The molecule has 1 aromatic carbocycles. The monoisotopic (exact) mass is 297 g/mol. The van der Waals surface area contributed by atoms with Gasteiger partial charge in [0.15, 0.2) is 0 Å². The number of benzene rings is 1. The first-order valence-electron chi connectivity index (χ1n) is 6.85. The van der Waals surface area contributed by atoms with Crippen LogP contribution in [0.2, 0.25) is 0 Å². The Kier molecular flexibility index (Phi) is 6.91. The third-order valence-corrected chi connectivity index (χ3v) is 3.87. The van der Waals surface area contributed by atoms with Crippen LogP contribution in [0.5, 0.6) is 0 Å². The average molecular weight is 297 g/mol. The standard InChI is InChI=1S/C8H15N.C7H8O3S/c1-2-6-9-7-4-3-5-8-9;1-6-2-4-7(5-3-6)11(8,9)10/h3-4H,2,5-8H2,1H3;2-5H,1H3,(H,8,9,10). The van der Waals surface area contributed by atoms with Gasteiger partial charge in [0.05, 0.1) is 4.90 Å². The van der Waals surface area contributed by atoms with Gasteiger partial charge < -0.3 is 0 Å². The minimum Gasteiger partial charge on any atom is -0.299 e. The first-order chi connectivity index (χ1) is 9.43. The molecule has 0 atom stereocenters. The van der Waals surface area contributed by atoms with Crippen LogP contribution in [0.4, 0.5) is 0 Å². The fourth-order valence-electron chi connectivity index (χ4n) is 1.92. The predicted molar refractivity (Wildman–Crippen MR) is 81.5 cm³/mol. The molecule has 0 amide bonds. The molecule has 0 fully saturated rings. The van der Waals surface area contributed by atoms with Crippen LogP contribution in [-0.2, 0) is 10.1 Å². The Morgan fingerprint density at radius 3 is 2.30 bits per heavy atom. The Hall–Kier alpha value is -1.17. The van der Waals surface area contributed by atoms with E-state index < -0.39 is 10.1 Å². The largest absolute Gasteiger partial charge is 0.299 e. The van der Waals surface area contributed by atoms with Crippen LogP contribution in [0.15, 0.2) is 41.3 Å². The van der Waals surface area contributed by atoms with E-state index in [9.17, 15) is 8.42 Å². The van der Waals surface area contributed by atoms with Crippen molar-refractivity contribution in [2.24, 2.45) is 0 Å². The molecule has 0 aliphatic carbocycles. The molecule has 0 saturated heterocycles. The summed E-state index contributed by atoms with van der Waals surface area (Å²) in [4.78, 5) is 2.42. The van der Waals surface area contributed by atoms with E-state index in [2.05, 4.69) is 24.0 Å². The highest BCUT2D eigenvalue weighted by atomic mass is 32.2.